The monoisotopic (exact) mass is 355 g/mol. The largest absolute Gasteiger partial charge is 0.297 e. The second kappa shape index (κ2) is 6.47. The van der Waals surface area contributed by atoms with E-state index in [2.05, 4.69) is 20.9 Å². The Kier molecular flexibility index (Phi) is 4.91. The smallest absolute Gasteiger partial charge is 0.261 e. The second-order valence-corrected chi connectivity index (χ2v) is 6.63. The van der Waals surface area contributed by atoms with Gasteiger partial charge in [-0.1, -0.05) is 25.1 Å². The molecular weight excluding hydrogens is 342 g/mol. The lowest BCUT2D eigenvalue weighted by Gasteiger charge is -2.06. The normalized spacial score (nSPS) is 11.5. The van der Waals surface area contributed by atoms with Crippen molar-refractivity contribution < 1.29 is 12.6 Å². The molecule has 6 heteroatoms. The van der Waals surface area contributed by atoms with E-state index in [1.54, 1.807) is 42.6 Å². The van der Waals surface area contributed by atoms with Gasteiger partial charge in [0.15, 0.2) is 0 Å². The first-order valence-corrected chi connectivity index (χ1v) is 8.30. The molecule has 0 atom stereocenters. The zero-order valence-corrected chi connectivity index (χ0v) is 13.3. The van der Waals surface area contributed by atoms with Gasteiger partial charge >= 0.3 is 0 Å². The fourth-order valence-corrected chi connectivity index (χ4v) is 2.73. The number of benzene rings is 1. The van der Waals surface area contributed by atoms with Crippen molar-refractivity contribution in [3.63, 3.8) is 0 Å². The molecule has 0 unspecified atom stereocenters. The summed E-state index contributed by atoms with van der Waals surface area (Å²) in [6, 6.07) is 10.2. The summed E-state index contributed by atoms with van der Waals surface area (Å²) in [6.07, 6.45) is 2.44. The molecule has 0 N–H and O–H groups in total. The average molecular weight is 356 g/mol. The highest BCUT2D eigenvalue weighted by Crippen LogP contribution is 2.16. The lowest BCUT2D eigenvalue weighted by atomic mass is 10.2. The third kappa shape index (κ3) is 3.88. The topological polar surface area (TPSA) is 56.3 Å². The first-order chi connectivity index (χ1) is 9.51. The maximum atomic E-state index is 12.0. The van der Waals surface area contributed by atoms with Crippen molar-refractivity contribution in [2.24, 2.45) is 0 Å². The molecule has 1 aromatic heterocycles. The summed E-state index contributed by atoms with van der Waals surface area (Å²) in [5, 5.41) is 0. The third-order valence-electron chi connectivity index (χ3n) is 2.79. The minimum Gasteiger partial charge on any atom is -0.261 e. The zero-order chi connectivity index (χ0) is 14.6. The highest BCUT2D eigenvalue weighted by atomic mass is 79.9. The highest BCUT2D eigenvalue weighted by molar-refractivity contribution is 9.10. The number of pyridine rings is 1. The molecule has 0 spiro atoms. The van der Waals surface area contributed by atoms with Crippen LogP contribution in [0.15, 0.2) is 52.1 Å². The van der Waals surface area contributed by atoms with Crippen molar-refractivity contribution in [3.8, 4) is 0 Å². The van der Waals surface area contributed by atoms with Gasteiger partial charge in [0.2, 0.25) is 0 Å². The fourth-order valence-electron chi connectivity index (χ4n) is 1.60. The Morgan fingerprint density at radius 1 is 1.10 bits per heavy atom. The molecule has 2 rings (SSSR count). The minimum atomic E-state index is -3.73. The second-order valence-electron chi connectivity index (χ2n) is 4.20. The quantitative estimate of drug-likeness (QED) is 0.609. The summed E-state index contributed by atoms with van der Waals surface area (Å²) in [6.45, 7) is 1.98. The van der Waals surface area contributed by atoms with E-state index in [1.807, 2.05) is 6.92 Å². The lowest BCUT2D eigenvalue weighted by molar-refractivity contribution is 0.307. The molecule has 4 nitrogen and oxygen atoms in total. The summed E-state index contributed by atoms with van der Waals surface area (Å²) in [4.78, 5) is 4.18. The van der Waals surface area contributed by atoms with Crippen molar-refractivity contribution in [1.82, 2.24) is 4.98 Å². The molecule has 20 heavy (non-hydrogen) atoms. The van der Waals surface area contributed by atoms with Crippen molar-refractivity contribution in [2.45, 2.75) is 24.8 Å². The van der Waals surface area contributed by atoms with Crippen LogP contribution in [0.5, 0.6) is 0 Å². The SMILES string of the molecule is CCc1ccc(S(=O)(=O)OCc2ccc(Br)nc2)cc1. The van der Waals surface area contributed by atoms with Crippen LogP contribution in [0.4, 0.5) is 0 Å². The zero-order valence-electron chi connectivity index (χ0n) is 10.9. The molecule has 0 aliphatic carbocycles. The molecule has 2 aromatic rings. The molecule has 0 radical (unpaired) electrons. The first kappa shape index (κ1) is 15.2. The van der Waals surface area contributed by atoms with Crippen LogP contribution in [-0.2, 0) is 27.3 Å². The van der Waals surface area contributed by atoms with Crippen LogP contribution in [0, 0.1) is 0 Å². The predicted molar refractivity (Wildman–Crippen MR) is 79.7 cm³/mol. The number of halogens is 1. The highest BCUT2D eigenvalue weighted by Gasteiger charge is 2.15. The van der Waals surface area contributed by atoms with Crippen molar-refractivity contribution in [2.75, 3.05) is 0 Å². The Morgan fingerprint density at radius 2 is 1.75 bits per heavy atom. The van der Waals surface area contributed by atoms with E-state index in [9.17, 15) is 8.42 Å². The molecule has 0 saturated carbocycles. The first-order valence-electron chi connectivity index (χ1n) is 6.10. The van der Waals surface area contributed by atoms with Crippen molar-refractivity contribution in [1.29, 1.82) is 0 Å². The minimum absolute atomic E-state index is 0.0296. The van der Waals surface area contributed by atoms with E-state index in [-0.39, 0.29) is 11.5 Å². The number of aromatic nitrogens is 1. The van der Waals surface area contributed by atoms with E-state index >= 15 is 0 Å². The summed E-state index contributed by atoms with van der Waals surface area (Å²) in [5.74, 6) is 0. The number of hydrogen-bond donors (Lipinski definition) is 0. The lowest BCUT2D eigenvalue weighted by Crippen LogP contribution is -2.06. The van der Waals surface area contributed by atoms with Crippen LogP contribution < -0.4 is 0 Å². The number of nitrogens with zero attached hydrogens (tertiary/aromatic N) is 1. The van der Waals surface area contributed by atoms with Crippen LogP contribution in [-0.4, -0.2) is 13.4 Å². The van der Waals surface area contributed by atoms with Gasteiger partial charge < -0.3 is 0 Å². The molecule has 0 fully saturated rings. The molecule has 0 amide bonds. The Labute approximate surface area is 127 Å². The van der Waals surface area contributed by atoms with Gasteiger partial charge in [0.05, 0.1) is 11.5 Å². The van der Waals surface area contributed by atoms with Gasteiger partial charge in [-0.05, 0) is 51.7 Å². The maximum Gasteiger partial charge on any atom is 0.297 e. The molecule has 0 saturated heterocycles. The summed E-state index contributed by atoms with van der Waals surface area (Å²) in [5.41, 5.74) is 1.78. The van der Waals surface area contributed by atoms with Gasteiger partial charge in [0.25, 0.3) is 10.1 Å². The van der Waals surface area contributed by atoms with Crippen LogP contribution in [0.1, 0.15) is 18.1 Å². The van der Waals surface area contributed by atoms with Crippen molar-refractivity contribution in [3.05, 3.63) is 58.3 Å². The van der Waals surface area contributed by atoms with Gasteiger partial charge in [-0.25, -0.2) is 4.98 Å². The molecule has 0 bridgehead atoms. The Hall–Kier alpha value is -1.24. The molecule has 1 aromatic carbocycles. The van der Waals surface area contributed by atoms with E-state index in [1.165, 1.54) is 0 Å². The van der Waals surface area contributed by atoms with E-state index in [0.29, 0.717) is 10.2 Å². The van der Waals surface area contributed by atoms with E-state index in [4.69, 9.17) is 4.18 Å². The fraction of sp³-hybridized carbons (Fsp3) is 0.214. The third-order valence-corrected chi connectivity index (χ3v) is 4.54. The molecule has 1 heterocycles. The number of rotatable bonds is 5. The summed E-state index contributed by atoms with van der Waals surface area (Å²) >= 11 is 3.22. The molecular formula is C14H14BrNO3S. The molecule has 0 aliphatic heterocycles. The van der Waals surface area contributed by atoms with Gasteiger partial charge in [-0.2, -0.15) is 8.42 Å². The maximum absolute atomic E-state index is 12.0. The standard InChI is InChI=1S/C14H14BrNO3S/c1-2-11-3-6-13(7-4-11)20(17,18)19-10-12-5-8-14(15)16-9-12/h3-9H,2,10H2,1H3. The summed E-state index contributed by atoms with van der Waals surface area (Å²) < 4.78 is 29.8. The van der Waals surface area contributed by atoms with Crippen LogP contribution in [0.2, 0.25) is 0 Å². The Morgan fingerprint density at radius 3 is 2.30 bits per heavy atom. The molecule has 106 valence electrons. The average Bonchev–Trinajstić information content (AvgIpc) is 2.47. The van der Waals surface area contributed by atoms with E-state index in [0.717, 1.165) is 12.0 Å². The van der Waals surface area contributed by atoms with Crippen LogP contribution >= 0.6 is 15.9 Å². The van der Waals surface area contributed by atoms with Crippen LogP contribution in [0.3, 0.4) is 0 Å². The number of aryl methyl sites for hydroxylation is 1. The Bertz CT molecular complexity index is 667. The van der Waals surface area contributed by atoms with Gasteiger partial charge in [-0.3, -0.25) is 4.18 Å². The Balaban J connectivity index is 2.08. The predicted octanol–water partition coefficient (Wildman–Crippen LogP) is 3.31. The van der Waals surface area contributed by atoms with Gasteiger partial charge in [0, 0.05) is 6.20 Å². The van der Waals surface area contributed by atoms with Crippen molar-refractivity contribution >= 4 is 26.0 Å². The van der Waals surface area contributed by atoms with Gasteiger partial charge in [-0.15, -0.1) is 0 Å². The van der Waals surface area contributed by atoms with Crippen LogP contribution in [0.25, 0.3) is 0 Å². The summed E-state index contributed by atoms with van der Waals surface area (Å²) in [7, 11) is -3.73. The number of hydrogen-bond acceptors (Lipinski definition) is 4. The van der Waals surface area contributed by atoms with E-state index < -0.39 is 10.1 Å². The van der Waals surface area contributed by atoms with Gasteiger partial charge in [0.1, 0.15) is 4.60 Å². The molecule has 0 aliphatic rings.